The van der Waals surface area contributed by atoms with E-state index in [1.807, 2.05) is 0 Å². The Labute approximate surface area is 133 Å². The van der Waals surface area contributed by atoms with Crippen molar-refractivity contribution in [2.45, 2.75) is 32.0 Å². The van der Waals surface area contributed by atoms with Crippen molar-refractivity contribution in [3.8, 4) is 0 Å². The molecule has 0 aromatic heterocycles. The quantitative estimate of drug-likeness (QED) is 0.848. The monoisotopic (exact) mass is 295 g/mol. The van der Waals surface area contributed by atoms with Gasteiger partial charge in [-0.2, -0.15) is 0 Å². The van der Waals surface area contributed by atoms with Gasteiger partial charge in [-0.15, -0.1) is 0 Å². The molecule has 3 rings (SSSR count). The molecule has 0 N–H and O–H groups in total. The predicted molar refractivity (Wildman–Crippen MR) is 91.0 cm³/mol. The summed E-state index contributed by atoms with van der Waals surface area (Å²) in [5, 5.41) is 0. The Morgan fingerprint density at radius 1 is 1.05 bits per heavy atom. The number of aryl methyl sites for hydroxylation is 1. The van der Waals surface area contributed by atoms with Crippen molar-refractivity contribution in [2.24, 2.45) is 0 Å². The van der Waals surface area contributed by atoms with Gasteiger partial charge >= 0.3 is 0 Å². The fraction of sp³-hybridized carbons (Fsp3) is 0.400. The highest BCUT2D eigenvalue weighted by Gasteiger charge is 2.37. The molecular weight excluding hydrogens is 270 g/mol. The van der Waals surface area contributed by atoms with Crippen molar-refractivity contribution in [3.05, 3.63) is 70.8 Å². The molecule has 0 spiro atoms. The molecule has 0 amide bonds. The lowest BCUT2D eigenvalue weighted by Gasteiger charge is -2.39. The lowest BCUT2D eigenvalue weighted by molar-refractivity contribution is -0.0818. The van der Waals surface area contributed by atoms with E-state index >= 15 is 0 Å². The minimum absolute atomic E-state index is 0.201. The van der Waals surface area contributed by atoms with Crippen molar-refractivity contribution in [3.63, 3.8) is 0 Å². The lowest BCUT2D eigenvalue weighted by atomic mass is 9.80. The number of nitrogens with zero attached hydrogens (tertiary/aromatic N) is 1. The summed E-state index contributed by atoms with van der Waals surface area (Å²) in [6, 6.07) is 17.5. The minimum atomic E-state index is -0.201. The summed E-state index contributed by atoms with van der Waals surface area (Å²) in [6.07, 6.45) is 1.97. The van der Waals surface area contributed by atoms with Crippen LogP contribution in [0.2, 0.25) is 0 Å². The predicted octanol–water partition coefficient (Wildman–Crippen LogP) is 3.91. The number of hydrogen-bond donors (Lipinski definition) is 0. The van der Waals surface area contributed by atoms with Gasteiger partial charge in [0.2, 0.25) is 0 Å². The van der Waals surface area contributed by atoms with Gasteiger partial charge in [0.05, 0.1) is 12.2 Å². The largest absolute Gasteiger partial charge is 0.365 e. The third kappa shape index (κ3) is 3.08. The second-order valence-electron chi connectivity index (χ2n) is 6.65. The number of fused-ring (bicyclic) bond motifs is 1. The van der Waals surface area contributed by atoms with Crippen molar-refractivity contribution in [1.29, 1.82) is 0 Å². The van der Waals surface area contributed by atoms with Crippen LogP contribution in [-0.4, -0.2) is 25.5 Å². The highest BCUT2D eigenvalue weighted by molar-refractivity contribution is 5.36. The number of hydrogen-bond acceptors (Lipinski definition) is 2. The zero-order valence-electron chi connectivity index (χ0n) is 13.8. The molecule has 1 aliphatic heterocycles. The Bertz CT molecular complexity index is 635. The van der Waals surface area contributed by atoms with E-state index in [1.165, 1.54) is 22.3 Å². The van der Waals surface area contributed by atoms with Crippen LogP contribution in [0.1, 0.15) is 28.7 Å². The van der Waals surface area contributed by atoms with Crippen LogP contribution in [0, 0.1) is 6.92 Å². The third-order valence-corrected chi connectivity index (χ3v) is 4.60. The molecule has 2 heteroatoms. The molecule has 2 nitrogen and oxygen atoms in total. The molecule has 2 aromatic rings. The van der Waals surface area contributed by atoms with Gasteiger partial charge in [-0.25, -0.2) is 0 Å². The van der Waals surface area contributed by atoms with Gasteiger partial charge in [-0.1, -0.05) is 54.1 Å². The second kappa shape index (κ2) is 6.23. The number of ether oxygens (including phenoxy) is 1. The fourth-order valence-electron chi connectivity index (χ4n) is 3.27. The van der Waals surface area contributed by atoms with Gasteiger partial charge < -0.3 is 9.64 Å². The summed E-state index contributed by atoms with van der Waals surface area (Å²) >= 11 is 0. The van der Waals surface area contributed by atoms with Crippen LogP contribution in [0.4, 0.5) is 0 Å². The van der Waals surface area contributed by atoms with Crippen molar-refractivity contribution in [1.82, 2.24) is 4.90 Å². The number of benzene rings is 2. The van der Waals surface area contributed by atoms with Gasteiger partial charge in [-0.05, 0) is 44.1 Å². The van der Waals surface area contributed by atoms with E-state index in [0.29, 0.717) is 6.61 Å². The summed E-state index contributed by atoms with van der Waals surface area (Å²) in [7, 11) is 4.25. The molecule has 2 aromatic carbocycles. The van der Waals surface area contributed by atoms with Gasteiger partial charge in [0.1, 0.15) is 0 Å². The minimum Gasteiger partial charge on any atom is -0.365 e. The summed E-state index contributed by atoms with van der Waals surface area (Å²) < 4.78 is 6.46. The zero-order valence-corrected chi connectivity index (χ0v) is 13.8. The average Bonchev–Trinajstić information content (AvgIpc) is 2.54. The molecule has 1 unspecified atom stereocenters. The summed E-state index contributed by atoms with van der Waals surface area (Å²) in [4.78, 5) is 2.23. The lowest BCUT2D eigenvalue weighted by Crippen LogP contribution is -2.38. The van der Waals surface area contributed by atoms with Gasteiger partial charge in [-0.3, -0.25) is 0 Å². The maximum absolute atomic E-state index is 6.46. The molecule has 0 bridgehead atoms. The van der Waals surface area contributed by atoms with Crippen molar-refractivity contribution < 1.29 is 4.74 Å². The first-order valence-electron chi connectivity index (χ1n) is 8.02. The molecule has 22 heavy (non-hydrogen) atoms. The molecule has 0 fully saturated rings. The van der Waals surface area contributed by atoms with E-state index in [4.69, 9.17) is 4.74 Å². The van der Waals surface area contributed by atoms with Crippen LogP contribution in [0.25, 0.3) is 0 Å². The molecular formula is C20H25NO. The first-order valence-corrected chi connectivity index (χ1v) is 8.02. The maximum atomic E-state index is 6.46. The zero-order chi connectivity index (χ0) is 15.6. The van der Waals surface area contributed by atoms with E-state index in [0.717, 1.165) is 19.4 Å². The molecule has 1 heterocycles. The maximum Gasteiger partial charge on any atom is 0.0988 e. The SMILES string of the molecule is Cc1ccc2c(c1)COC(CCN(C)C)(c1ccccc1)C2. The van der Waals surface area contributed by atoms with Gasteiger partial charge in [0.15, 0.2) is 0 Å². The first kappa shape index (κ1) is 15.3. The molecule has 116 valence electrons. The van der Waals surface area contributed by atoms with E-state index in [2.05, 4.69) is 74.4 Å². The van der Waals surface area contributed by atoms with Crippen LogP contribution >= 0.6 is 0 Å². The van der Waals surface area contributed by atoms with E-state index < -0.39 is 0 Å². The van der Waals surface area contributed by atoms with E-state index in [1.54, 1.807) is 0 Å². The van der Waals surface area contributed by atoms with Crippen molar-refractivity contribution >= 4 is 0 Å². The molecule has 0 radical (unpaired) electrons. The fourth-order valence-corrected chi connectivity index (χ4v) is 3.27. The van der Waals surface area contributed by atoms with Crippen molar-refractivity contribution in [2.75, 3.05) is 20.6 Å². The highest BCUT2D eigenvalue weighted by Crippen LogP contribution is 2.39. The molecule has 0 aliphatic carbocycles. The Morgan fingerprint density at radius 3 is 2.55 bits per heavy atom. The van der Waals surface area contributed by atoms with E-state index in [9.17, 15) is 0 Å². The Kier molecular flexibility index (Phi) is 4.32. The molecule has 0 saturated carbocycles. The molecule has 1 atom stereocenters. The Hall–Kier alpha value is -1.64. The normalized spacial score (nSPS) is 20.9. The van der Waals surface area contributed by atoms with E-state index in [-0.39, 0.29) is 5.60 Å². The smallest absolute Gasteiger partial charge is 0.0988 e. The van der Waals surface area contributed by atoms with Crippen LogP contribution in [0.15, 0.2) is 48.5 Å². The third-order valence-electron chi connectivity index (χ3n) is 4.60. The highest BCUT2D eigenvalue weighted by atomic mass is 16.5. The van der Waals surface area contributed by atoms with Crippen LogP contribution in [-0.2, 0) is 23.4 Å². The van der Waals surface area contributed by atoms with Crippen LogP contribution in [0.3, 0.4) is 0 Å². The summed E-state index contributed by atoms with van der Waals surface area (Å²) in [6.45, 7) is 3.88. The Morgan fingerprint density at radius 2 is 1.82 bits per heavy atom. The average molecular weight is 295 g/mol. The van der Waals surface area contributed by atoms with Crippen LogP contribution < -0.4 is 0 Å². The second-order valence-corrected chi connectivity index (χ2v) is 6.65. The topological polar surface area (TPSA) is 12.5 Å². The van der Waals surface area contributed by atoms with Crippen LogP contribution in [0.5, 0.6) is 0 Å². The summed E-state index contributed by atoms with van der Waals surface area (Å²) in [5.41, 5.74) is 5.18. The van der Waals surface area contributed by atoms with Gasteiger partial charge in [0, 0.05) is 13.0 Å². The van der Waals surface area contributed by atoms with Gasteiger partial charge in [0.25, 0.3) is 0 Å². The first-order chi connectivity index (χ1) is 10.6. The standard InChI is InChI=1S/C20H25NO/c1-16-9-10-17-14-20(11-12-21(2)3,22-15-18(17)13-16)19-7-5-4-6-8-19/h4-10,13H,11-12,14-15H2,1-3H3. The molecule has 1 aliphatic rings. The number of rotatable bonds is 4. The summed E-state index contributed by atoms with van der Waals surface area (Å²) in [5.74, 6) is 0. The molecule has 0 saturated heterocycles. The Balaban J connectivity index is 1.95.